The molecular formula is C18H27N3O2. The monoisotopic (exact) mass is 317 g/mol. The van der Waals surface area contributed by atoms with Crippen LogP contribution in [0.25, 0.3) is 0 Å². The fourth-order valence-corrected chi connectivity index (χ4v) is 3.19. The third kappa shape index (κ3) is 4.08. The van der Waals surface area contributed by atoms with E-state index < -0.39 is 0 Å². The minimum Gasteiger partial charge on any atom is -0.376 e. The molecule has 0 radical (unpaired) electrons. The lowest BCUT2D eigenvalue weighted by Gasteiger charge is -2.33. The number of aromatic nitrogens is 2. The van der Waals surface area contributed by atoms with Crippen molar-refractivity contribution in [1.82, 2.24) is 14.9 Å². The van der Waals surface area contributed by atoms with Crippen LogP contribution in [0.1, 0.15) is 68.2 Å². The average molecular weight is 317 g/mol. The predicted octanol–water partition coefficient (Wildman–Crippen LogP) is 3.02. The van der Waals surface area contributed by atoms with Gasteiger partial charge in [-0.25, -0.2) is 9.97 Å². The van der Waals surface area contributed by atoms with Crippen molar-refractivity contribution < 1.29 is 9.53 Å². The lowest BCUT2D eigenvalue weighted by atomic mass is 9.85. The van der Waals surface area contributed by atoms with Gasteiger partial charge in [-0.3, -0.25) is 4.79 Å². The van der Waals surface area contributed by atoms with Crippen LogP contribution in [0.5, 0.6) is 0 Å². The molecule has 0 spiro atoms. The maximum atomic E-state index is 13.0. The standard InChI is InChI=1S/C18H27N3O2/c1-13(2)17-19-9-8-16(20-17)18(22)21(11-14-5-3-6-14)12-15-7-4-10-23-15/h8-9,13-15H,3-7,10-12H2,1-2H3. The van der Waals surface area contributed by atoms with Gasteiger partial charge in [0.05, 0.1) is 6.10 Å². The number of carbonyl (C=O) groups excluding carboxylic acids is 1. The Morgan fingerprint density at radius 1 is 1.30 bits per heavy atom. The highest BCUT2D eigenvalue weighted by atomic mass is 16.5. The normalized spacial score (nSPS) is 21.4. The van der Waals surface area contributed by atoms with Crippen molar-refractivity contribution in [2.24, 2.45) is 5.92 Å². The summed E-state index contributed by atoms with van der Waals surface area (Å²) in [5.41, 5.74) is 0.515. The Morgan fingerprint density at radius 3 is 2.74 bits per heavy atom. The second kappa shape index (κ2) is 7.39. The van der Waals surface area contributed by atoms with Gasteiger partial charge < -0.3 is 9.64 Å². The largest absolute Gasteiger partial charge is 0.376 e. The first-order valence-corrected chi connectivity index (χ1v) is 8.87. The zero-order valence-electron chi connectivity index (χ0n) is 14.2. The molecular weight excluding hydrogens is 290 g/mol. The van der Waals surface area contributed by atoms with Crippen LogP contribution in [-0.4, -0.2) is 46.6 Å². The van der Waals surface area contributed by atoms with Crippen LogP contribution in [0.4, 0.5) is 0 Å². The van der Waals surface area contributed by atoms with Gasteiger partial charge in [0.15, 0.2) is 0 Å². The number of ether oxygens (including phenoxy) is 1. The minimum atomic E-state index is 0.0247. The summed E-state index contributed by atoms with van der Waals surface area (Å²) in [6.07, 6.45) is 7.79. The summed E-state index contributed by atoms with van der Waals surface area (Å²) in [5, 5.41) is 0. The smallest absolute Gasteiger partial charge is 0.272 e. The molecule has 1 aliphatic carbocycles. The molecule has 1 unspecified atom stereocenters. The minimum absolute atomic E-state index is 0.0247. The molecule has 2 fully saturated rings. The van der Waals surface area contributed by atoms with Crippen LogP contribution < -0.4 is 0 Å². The number of hydrogen-bond acceptors (Lipinski definition) is 4. The lowest BCUT2D eigenvalue weighted by molar-refractivity contribution is 0.0443. The van der Waals surface area contributed by atoms with Crippen LogP contribution in [0, 0.1) is 5.92 Å². The van der Waals surface area contributed by atoms with E-state index in [1.165, 1.54) is 19.3 Å². The van der Waals surface area contributed by atoms with Crippen molar-refractivity contribution in [2.75, 3.05) is 19.7 Å². The topological polar surface area (TPSA) is 55.3 Å². The highest BCUT2D eigenvalue weighted by Gasteiger charge is 2.28. The summed E-state index contributed by atoms with van der Waals surface area (Å²) >= 11 is 0. The van der Waals surface area contributed by atoms with Crippen LogP contribution in [0.15, 0.2) is 12.3 Å². The van der Waals surface area contributed by atoms with Crippen LogP contribution >= 0.6 is 0 Å². The van der Waals surface area contributed by atoms with Crippen molar-refractivity contribution in [1.29, 1.82) is 0 Å². The van der Waals surface area contributed by atoms with E-state index in [0.717, 1.165) is 31.8 Å². The Hall–Kier alpha value is -1.49. The van der Waals surface area contributed by atoms with E-state index in [4.69, 9.17) is 4.74 Å². The molecule has 1 saturated carbocycles. The number of amides is 1. The number of rotatable bonds is 6. The molecule has 2 heterocycles. The fraction of sp³-hybridized carbons (Fsp3) is 0.722. The summed E-state index contributed by atoms with van der Waals surface area (Å²) < 4.78 is 5.74. The first-order valence-electron chi connectivity index (χ1n) is 8.87. The molecule has 3 rings (SSSR count). The van der Waals surface area contributed by atoms with Gasteiger partial charge in [-0.1, -0.05) is 20.3 Å². The Morgan fingerprint density at radius 2 is 2.13 bits per heavy atom. The number of carbonyl (C=O) groups is 1. The molecule has 0 N–H and O–H groups in total. The molecule has 1 aromatic heterocycles. The van der Waals surface area contributed by atoms with Gasteiger partial charge in [-0.15, -0.1) is 0 Å². The fourth-order valence-electron chi connectivity index (χ4n) is 3.19. The zero-order chi connectivity index (χ0) is 16.2. The third-order valence-corrected chi connectivity index (χ3v) is 4.85. The highest BCUT2D eigenvalue weighted by Crippen LogP contribution is 2.28. The Kier molecular flexibility index (Phi) is 5.26. The molecule has 0 bridgehead atoms. The molecule has 1 saturated heterocycles. The second-order valence-corrected chi connectivity index (χ2v) is 7.10. The van der Waals surface area contributed by atoms with E-state index >= 15 is 0 Å². The van der Waals surface area contributed by atoms with Crippen LogP contribution in [0.3, 0.4) is 0 Å². The third-order valence-electron chi connectivity index (χ3n) is 4.85. The molecule has 5 nitrogen and oxygen atoms in total. The van der Waals surface area contributed by atoms with Gasteiger partial charge in [0.25, 0.3) is 5.91 Å². The molecule has 1 atom stereocenters. The molecule has 126 valence electrons. The van der Waals surface area contributed by atoms with Gasteiger partial charge in [-0.2, -0.15) is 0 Å². The Bertz CT molecular complexity index is 537. The van der Waals surface area contributed by atoms with Gasteiger partial charge in [0.2, 0.25) is 0 Å². The van der Waals surface area contributed by atoms with Crippen molar-refractivity contribution in [3.8, 4) is 0 Å². The summed E-state index contributed by atoms with van der Waals surface area (Å²) in [7, 11) is 0. The second-order valence-electron chi connectivity index (χ2n) is 7.10. The SMILES string of the molecule is CC(C)c1nccc(C(=O)N(CC2CCC2)CC2CCCO2)n1. The van der Waals surface area contributed by atoms with E-state index in [-0.39, 0.29) is 17.9 Å². The predicted molar refractivity (Wildman–Crippen MR) is 88.3 cm³/mol. The molecule has 1 aromatic rings. The van der Waals surface area contributed by atoms with Crippen LogP contribution in [0.2, 0.25) is 0 Å². The van der Waals surface area contributed by atoms with Crippen molar-refractivity contribution in [3.05, 3.63) is 23.8 Å². The van der Waals surface area contributed by atoms with Gasteiger partial charge in [0.1, 0.15) is 11.5 Å². The van der Waals surface area contributed by atoms with E-state index in [1.807, 2.05) is 18.7 Å². The van der Waals surface area contributed by atoms with Crippen molar-refractivity contribution in [3.63, 3.8) is 0 Å². The van der Waals surface area contributed by atoms with E-state index in [0.29, 0.717) is 18.2 Å². The first-order chi connectivity index (χ1) is 11.1. The van der Waals surface area contributed by atoms with E-state index in [9.17, 15) is 4.79 Å². The summed E-state index contributed by atoms with van der Waals surface area (Å²) in [4.78, 5) is 23.7. The lowest BCUT2D eigenvalue weighted by Crippen LogP contribution is -2.42. The highest BCUT2D eigenvalue weighted by molar-refractivity contribution is 5.92. The van der Waals surface area contributed by atoms with E-state index in [1.54, 1.807) is 12.3 Å². The molecule has 1 aliphatic heterocycles. The first kappa shape index (κ1) is 16.4. The van der Waals surface area contributed by atoms with Crippen molar-refractivity contribution >= 4 is 5.91 Å². The van der Waals surface area contributed by atoms with Gasteiger partial charge in [-0.05, 0) is 37.7 Å². The summed E-state index contributed by atoms with van der Waals surface area (Å²) in [5.74, 6) is 1.63. The van der Waals surface area contributed by atoms with Crippen molar-refractivity contribution in [2.45, 2.75) is 58.0 Å². The molecule has 1 amide bonds. The van der Waals surface area contributed by atoms with Gasteiger partial charge >= 0.3 is 0 Å². The van der Waals surface area contributed by atoms with Gasteiger partial charge in [0, 0.05) is 31.8 Å². The maximum absolute atomic E-state index is 13.0. The Balaban J connectivity index is 1.73. The average Bonchev–Trinajstić information content (AvgIpc) is 3.02. The quantitative estimate of drug-likeness (QED) is 0.809. The zero-order valence-corrected chi connectivity index (χ0v) is 14.2. The van der Waals surface area contributed by atoms with E-state index in [2.05, 4.69) is 9.97 Å². The molecule has 0 aromatic carbocycles. The molecule has 2 aliphatic rings. The number of nitrogens with zero attached hydrogens (tertiary/aromatic N) is 3. The maximum Gasteiger partial charge on any atom is 0.272 e. The van der Waals surface area contributed by atoms with Crippen LogP contribution in [-0.2, 0) is 4.74 Å². The number of hydrogen-bond donors (Lipinski definition) is 0. The molecule has 5 heteroatoms. The molecule has 23 heavy (non-hydrogen) atoms. The summed E-state index contributed by atoms with van der Waals surface area (Å²) in [6.45, 7) is 6.43. The summed E-state index contributed by atoms with van der Waals surface area (Å²) in [6, 6.07) is 1.73. The Labute approximate surface area is 138 Å².